The third-order valence-electron chi connectivity index (χ3n) is 5.31. The van der Waals surface area contributed by atoms with Crippen LogP contribution in [0.3, 0.4) is 0 Å². The van der Waals surface area contributed by atoms with Crippen molar-refractivity contribution in [1.29, 1.82) is 0 Å². The molecule has 9 heteroatoms. The molecule has 2 atom stereocenters. The average molecular weight is 447 g/mol. The number of piperidine rings is 1. The van der Waals surface area contributed by atoms with Crippen LogP contribution in [0, 0.1) is 0 Å². The molecular formula is C22H26N2O6S. The summed E-state index contributed by atoms with van der Waals surface area (Å²) in [5, 5.41) is 0. The Balaban J connectivity index is 1.94. The third-order valence-corrected chi connectivity index (χ3v) is 7.35. The number of methoxy groups -OCH3 is 1. The zero-order valence-corrected chi connectivity index (χ0v) is 18.3. The normalized spacial score (nSPS) is 18.2. The molecular weight excluding hydrogens is 420 g/mol. The van der Waals surface area contributed by atoms with E-state index in [1.807, 2.05) is 6.92 Å². The summed E-state index contributed by atoms with van der Waals surface area (Å²) in [6, 6.07) is 12.2. The number of carbonyl (C=O) groups excluding carboxylic acids is 2. The van der Waals surface area contributed by atoms with Gasteiger partial charge in [-0.3, -0.25) is 4.79 Å². The van der Waals surface area contributed by atoms with Crippen molar-refractivity contribution >= 4 is 21.9 Å². The first-order chi connectivity index (χ1) is 14.8. The first-order valence-corrected chi connectivity index (χ1v) is 11.4. The summed E-state index contributed by atoms with van der Waals surface area (Å²) in [5.41, 5.74) is 5.81. The molecule has 2 N–H and O–H groups in total. The lowest BCUT2D eigenvalue weighted by atomic mass is 10.1. The Hall–Kier alpha value is -2.91. The van der Waals surface area contributed by atoms with Crippen LogP contribution in [0.2, 0.25) is 0 Å². The summed E-state index contributed by atoms with van der Waals surface area (Å²) < 4.78 is 38.7. The van der Waals surface area contributed by atoms with Crippen LogP contribution in [-0.2, 0) is 19.6 Å². The maximum absolute atomic E-state index is 13.3. The maximum Gasteiger partial charge on any atom is 0.339 e. The van der Waals surface area contributed by atoms with E-state index in [1.54, 1.807) is 30.3 Å². The lowest BCUT2D eigenvalue weighted by Crippen LogP contribution is -2.42. The highest BCUT2D eigenvalue weighted by molar-refractivity contribution is 7.89. The summed E-state index contributed by atoms with van der Waals surface area (Å²) in [5.74, 6) is -1.56. The highest BCUT2D eigenvalue weighted by atomic mass is 32.2. The molecule has 8 nitrogen and oxygen atoms in total. The largest absolute Gasteiger partial charge is 0.495 e. The highest BCUT2D eigenvalue weighted by Crippen LogP contribution is 2.32. The smallest absolute Gasteiger partial charge is 0.339 e. The van der Waals surface area contributed by atoms with Crippen molar-refractivity contribution in [2.45, 2.75) is 43.2 Å². The molecule has 0 bridgehead atoms. The molecule has 0 aromatic heterocycles. The number of rotatable bonds is 7. The summed E-state index contributed by atoms with van der Waals surface area (Å²) in [6.07, 6.45) is 1.20. The number of primary amides is 1. The molecule has 1 amide bonds. The van der Waals surface area contributed by atoms with Gasteiger partial charge >= 0.3 is 5.97 Å². The maximum atomic E-state index is 13.3. The number of nitrogens with zero attached hydrogens (tertiary/aromatic N) is 1. The minimum absolute atomic E-state index is 0.0220. The number of carbonyl (C=O) groups is 2. The van der Waals surface area contributed by atoms with E-state index in [-0.39, 0.29) is 22.3 Å². The summed E-state index contributed by atoms with van der Waals surface area (Å²) in [7, 11) is -2.53. The minimum atomic E-state index is -3.90. The molecule has 0 saturated carbocycles. The summed E-state index contributed by atoms with van der Waals surface area (Å²) in [6.45, 7) is 2.26. The Kier molecular flexibility index (Phi) is 6.97. The van der Waals surface area contributed by atoms with Gasteiger partial charge in [0, 0.05) is 18.2 Å². The standard InChI is InChI=1S/C22H26N2O6S/c1-15-8-6-7-13-24(15)31(27,28)19-14-17(11-12-18(19)29-2)22(26)30-20(21(23)25)16-9-4-3-5-10-16/h3-5,9-12,14-15,20H,6-8,13H2,1-2H3,(H2,23,25)/t15-,20-/m1/s1. The minimum Gasteiger partial charge on any atom is -0.495 e. The quantitative estimate of drug-likeness (QED) is 0.654. The second-order valence-corrected chi connectivity index (χ2v) is 9.28. The molecule has 1 heterocycles. The molecule has 166 valence electrons. The first-order valence-electron chi connectivity index (χ1n) is 10.0. The molecule has 0 radical (unpaired) electrons. The lowest BCUT2D eigenvalue weighted by Gasteiger charge is -2.32. The van der Waals surface area contributed by atoms with Crippen molar-refractivity contribution in [3.63, 3.8) is 0 Å². The van der Waals surface area contributed by atoms with E-state index >= 15 is 0 Å². The highest BCUT2D eigenvalue weighted by Gasteiger charge is 2.34. The Morgan fingerprint density at radius 1 is 1.13 bits per heavy atom. The van der Waals surface area contributed by atoms with E-state index in [1.165, 1.54) is 29.6 Å². The van der Waals surface area contributed by atoms with Gasteiger partial charge in [-0.25, -0.2) is 13.2 Å². The van der Waals surface area contributed by atoms with Crippen LogP contribution in [0.5, 0.6) is 5.75 Å². The average Bonchev–Trinajstić information content (AvgIpc) is 2.77. The predicted molar refractivity (Wildman–Crippen MR) is 114 cm³/mol. The molecule has 2 aromatic carbocycles. The molecule has 3 rings (SSSR count). The van der Waals surface area contributed by atoms with E-state index in [0.717, 1.165) is 19.3 Å². The summed E-state index contributed by atoms with van der Waals surface area (Å²) in [4.78, 5) is 24.5. The number of hydrogen-bond acceptors (Lipinski definition) is 6. The second-order valence-electron chi connectivity index (χ2n) is 7.42. The van der Waals surface area contributed by atoms with Gasteiger partial charge in [0.1, 0.15) is 10.6 Å². The van der Waals surface area contributed by atoms with E-state index in [4.69, 9.17) is 15.2 Å². The Morgan fingerprint density at radius 3 is 2.45 bits per heavy atom. The molecule has 0 spiro atoms. The topological polar surface area (TPSA) is 116 Å². The Bertz CT molecular complexity index is 1050. The lowest BCUT2D eigenvalue weighted by molar-refractivity contribution is -0.127. The molecule has 0 unspecified atom stereocenters. The van der Waals surface area contributed by atoms with Crippen LogP contribution in [0.4, 0.5) is 0 Å². The third kappa shape index (κ3) is 4.88. The van der Waals surface area contributed by atoms with Crippen LogP contribution < -0.4 is 10.5 Å². The zero-order chi connectivity index (χ0) is 22.6. The van der Waals surface area contributed by atoms with Crippen molar-refractivity contribution in [3.8, 4) is 5.75 Å². The molecule has 1 fully saturated rings. The first kappa shape index (κ1) is 22.8. The molecule has 1 saturated heterocycles. The Morgan fingerprint density at radius 2 is 1.84 bits per heavy atom. The van der Waals surface area contributed by atoms with Crippen molar-refractivity contribution in [2.75, 3.05) is 13.7 Å². The van der Waals surface area contributed by atoms with Gasteiger partial charge < -0.3 is 15.2 Å². The van der Waals surface area contributed by atoms with Gasteiger partial charge in [0.15, 0.2) is 0 Å². The van der Waals surface area contributed by atoms with Gasteiger partial charge in [0.25, 0.3) is 5.91 Å². The number of amides is 1. The van der Waals surface area contributed by atoms with E-state index in [9.17, 15) is 18.0 Å². The number of ether oxygens (including phenoxy) is 2. The number of sulfonamides is 1. The van der Waals surface area contributed by atoms with Crippen molar-refractivity contribution in [1.82, 2.24) is 4.31 Å². The predicted octanol–water partition coefficient (Wildman–Crippen LogP) is 2.64. The number of esters is 1. The summed E-state index contributed by atoms with van der Waals surface area (Å²) >= 11 is 0. The van der Waals surface area contributed by atoms with Crippen LogP contribution in [0.15, 0.2) is 53.4 Å². The van der Waals surface area contributed by atoms with Crippen molar-refractivity contribution in [2.24, 2.45) is 5.73 Å². The fourth-order valence-electron chi connectivity index (χ4n) is 3.65. The Labute approximate surface area is 182 Å². The number of benzene rings is 2. The molecule has 2 aromatic rings. The van der Waals surface area contributed by atoms with Crippen molar-refractivity contribution < 1.29 is 27.5 Å². The molecule has 31 heavy (non-hydrogen) atoms. The fourth-order valence-corrected chi connectivity index (χ4v) is 5.54. The van der Waals surface area contributed by atoms with Gasteiger partial charge in [-0.2, -0.15) is 4.31 Å². The number of hydrogen-bond donors (Lipinski definition) is 1. The van der Waals surface area contributed by atoms with E-state index in [0.29, 0.717) is 12.1 Å². The zero-order valence-electron chi connectivity index (χ0n) is 17.5. The van der Waals surface area contributed by atoms with E-state index in [2.05, 4.69) is 0 Å². The van der Waals surface area contributed by atoms with Gasteiger partial charge in [0.2, 0.25) is 16.1 Å². The van der Waals surface area contributed by atoms with Crippen LogP contribution >= 0.6 is 0 Å². The van der Waals surface area contributed by atoms with Gasteiger partial charge in [-0.05, 0) is 38.0 Å². The fraction of sp³-hybridized carbons (Fsp3) is 0.364. The van der Waals surface area contributed by atoms with Crippen LogP contribution in [0.25, 0.3) is 0 Å². The van der Waals surface area contributed by atoms with Crippen molar-refractivity contribution in [3.05, 3.63) is 59.7 Å². The SMILES string of the molecule is COc1ccc(C(=O)O[C@@H](C(N)=O)c2ccccc2)cc1S(=O)(=O)N1CCCC[C@H]1C. The van der Waals surface area contributed by atoms with Gasteiger partial charge in [0.05, 0.1) is 12.7 Å². The second kappa shape index (κ2) is 9.49. The number of nitrogens with two attached hydrogens (primary N) is 1. The molecule has 1 aliphatic heterocycles. The van der Waals surface area contributed by atoms with E-state index < -0.39 is 28.0 Å². The van der Waals surface area contributed by atoms with Crippen LogP contribution in [-0.4, -0.2) is 44.3 Å². The van der Waals surface area contributed by atoms with Crippen LogP contribution in [0.1, 0.15) is 48.2 Å². The molecule has 0 aliphatic carbocycles. The monoisotopic (exact) mass is 446 g/mol. The van der Waals surface area contributed by atoms with Gasteiger partial charge in [-0.15, -0.1) is 0 Å². The molecule has 1 aliphatic rings. The van der Waals surface area contributed by atoms with Gasteiger partial charge in [-0.1, -0.05) is 36.8 Å².